The molecule has 0 aliphatic carbocycles. The molecule has 1 atom stereocenters. The van der Waals surface area contributed by atoms with Crippen LogP contribution >= 0.6 is 0 Å². The molecule has 1 rings (SSSR count). The molecule has 0 aliphatic rings. The maximum absolute atomic E-state index is 11.5. The largest absolute Gasteiger partial charge is 0.480 e. The van der Waals surface area contributed by atoms with Gasteiger partial charge in [-0.05, 0) is 12.1 Å². The van der Waals surface area contributed by atoms with Crippen molar-refractivity contribution < 1.29 is 19.4 Å². The zero-order chi connectivity index (χ0) is 12.7. The zero-order valence-corrected chi connectivity index (χ0v) is 9.42. The second-order valence-corrected chi connectivity index (χ2v) is 3.41. The number of carbonyl (C=O) groups is 2. The van der Waals surface area contributed by atoms with Gasteiger partial charge in [-0.1, -0.05) is 6.07 Å². The maximum Gasteiger partial charge on any atom is 0.328 e. The number of hydrogen-bond donors (Lipinski definition) is 2. The fourth-order valence-corrected chi connectivity index (χ4v) is 1.25. The lowest BCUT2D eigenvalue weighted by Gasteiger charge is -2.13. The minimum atomic E-state index is -1.12. The Bertz CT molecular complexity index is 380. The molecule has 0 saturated heterocycles. The lowest BCUT2D eigenvalue weighted by atomic mass is 10.2. The summed E-state index contributed by atoms with van der Waals surface area (Å²) in [5.41, 5.74) is 0.589. The van der Waals surface area contributed by atoms with Crippen molar-refractivity contribution in [3.8, 4) is 0 Å². The average molecular weight is 238 g/mol. The van der Waals surface area contributed by atoms with Crippen LogP contribution in [0, 0.1) is 0 Å². The van der Waals surface area contributed by atoms with Gasteiger partial charge in [0.05, 0.1) is 13.0 Å². The minimum Gasteiger partial charge on any atom is -0.480 e. The van der Waals surface area contributed by atoms with Gasteiger partial charge in [0, 0.05) is 19.0 Å². The lowest BCUT2D eigenvalue weighted by Crippen LogP contribution is -2.44. The third-order valence-electron chi connectivity index (χ3n) is 2.03. The molecule has 0 fully saturated rings. The van der Waals surface area contributed by atoms with Crippen LogP contribution in [-0.2, 0) is 20.7 Å². The number of pyridine rings is 1. The number of aromatic nitrogens is 1. The Labute approximate surface area is 98.6 Å². The van der Waals surface area contributed by atoms with E-state index in [0.717, 1.165) is 0 Å². The number of amides is 1. The highest BCUT2D eigenvalue weighted by atomic mass is 16.5. The SMILES string of the molecule is COCC(NC(=O)Cc1ccccn1)C(=O)O. The highest BCUT2D eigenvalue weighted by Gasteiger charge is 2.19. The number of ether oxygens (including phenoxy) is 1. The first-order chi connectivity index (χ1) is 8.13. The highest BCUT2D eigenvalue weighted by Crippen LogP contribution is 1.95. The van der Waals surface area contributed by atoms with Crippen molar-refractivity contribution in [2.75, 3.05) is 13.7 Å². The van der Waals surface area contributed by atoms with Gasteiger partial charge < -0.3 is 15.2 Å². The van der Waals surface area contributed by atoms with E-state index in [1.54, 1.807) is 24.4 Å². The van der Waals surface area contributed by atoms with Crippen LogP contribution in [0.2, 0.25) is 0 Å². The molecule has 92 valence electrons. The predicted octanol–water partition coefficient (Wildman–Crippen LogP) is -0.160. The summed E-state index contributed by atoms with van der Waals surface area (Å²) in [6.45, 7) is -0.0662. The summed E-state index contributed by atoms with van der Waals surface area (Å²) in [6.07, 6.45) is 1.63. The van der Waals surface area contributed by atoms with Crippen LogP contribution in [-0.4, -0.2) is 41.7 Å². The molecule has 1 aromatic heterocycles. The fourth-order valence-electron chi connectivity index (χ4n) is 1.25. The molecule has 0 radical (unpaired) electrons. The molecule has 0 aromatic carbocycles. The van der Waals surface area contributed by atoms with Crippen LogP contribution < -0.4 is 5.32 Å². The molecule has 6 heteroatoms. The number of carboxylic acids is 1. The van der Waals surface area contributed by atoms with E-state index < -0.39 is 17.9 Å². The number of nitrogens with one attached hydrogen (secondary N) is 1. The van der Waals surface area contributed by atoms with E-state index in [9.17, 15) is 9.59 Å². The van der Waals surface area contributed by atoms with Gasteiger partial charge in [0.25, 0.3) is 0 Å². The highest BCUT2D eigenvalue weighted by molar-refractivity contribution is 5.84. The normalized spacial score (nSPS) is 11.8. The van der Waals surface area contributed by atoms with Gasteiger partial charge in [-0.3, -0.25) is 9.78 Å². The summed E-state index contributed by atoms with van der Waals surface area (Å²) >= 11 is 0. The van der Waals surface area contributed by atoms with Gasteiger partial charge in [-0.15, -0.1) is 0 Å². The van der Waals surface area contributed by atoms with E-state index in [1.165, 1.54) is 7.11 Å². The Morgan fingerprint density at radius 1 is 1.53 bits per heavy atom. The van der Waals surface area contributed by atoms with Crippen LogP contribution in [0.15, 0.2) is 24.4 Å². The standard InChI is InChI=1S/C11H14N2O4/c1-17-7-9(11(15)16)13-10(14)6-8-4-2-3-5-12-8/h2-5,9H,6-7H2,1H3,(H,13,14)(H,15,16). The van der Waals surface area contributed by atoms with Crippen molar-refractivity contribution >= 4 is 11.9 Å². The van der Waals surface area contributed by atoms with Gasteiger partial charge in [0.1, 0.15) is 0 Å². The lowest BCUT2D eigenvalue weighted by molar-refractivity contribution is -0.143. The van der Waals surface area contributed by atoms with E-state index in [-0.39, 0.29) is 13.0 Å². The second-order valence-electron chi connectivity index (χ2n) is 3.41. The van der Waals surface area contributed by atoms with Crippen LogP contribution in [0.5, 0.6) is 0 Å². The Morgan fingerprint density at radius 3 is 2.82 bits per heavy atom. The molecule has 1 heterocycles. The number of aliphatic carboxylic acids is 1. The third kappa shape index (κ3) is 4.60. The molecule has 17 heavy (non-hydrogen) atoms. The van der Waals surface area contributed by atoms with Gasteiger partial charge in [0.15, 0.2) is 6.04 Å². The van der Waals surface area contributed by atoms with Crippen molar-refractivity contribution in [2.24, 2.45) is 0 Å². The Balaban J connectivity index is 2.51. The minimum absolute atomic E-state index is 0.0499. The fraction of sp³-hybridized carbons (Fsp3) is 0.364. The van der Waals surface area contributed by atoms with Crippen LogP contribution in [0.1, 0.15) is 5.69 Å². The number of carbonyl (C=O) groups excluding carboxylic acids is 1. The molecule has 1 unspecified atom stereocenters. The molecule has 0 spiro atoms. The number of carboxylic acid groups (broad SMARTS) is 1. The smallest absolute Gasteiger partial charge is 0.328 e. The first-order valence-electron chi connectivity index (χ1n) is 5.04. The van der Waals surface area contributed by atoms with Crippen LogP contribution in [0.3, 0.4) is 0 Å². The van der Waals surface area contributed by atoms with Gasteiger partial charge in [0.2, 0.25) is 5.91 Å². The quantitative estimate of drug-likeness (QED) is 0.719. The number of nitrogens with zero attached hydrogens (tertiary/aromatic N) is 1. The topological polar surface area (TPSA) is 88.5 Å². The summed E-state index contributed by atoms with van der Waals surface area (Å²) < 4.78 is 4.71. The molecule has 1 amide bonds. The molecular formula is C11H14N2O4. The average Bonchev–Trinajstić information content (AvgIpc) is 2.29. The number of hydrogen-bond acceptors (Lipinski definition) is 4. The Hall–Kier alpha value is -1.95. The van der Waals surface area contributed by atoms with E-state index in [4.69, 9.17) is 9.84 Å². The number of rotatable bonds is 6. The molecule has 6 nitrogen and oxygen atoms in total. The number of methoxy groups -OCH3 is 1. The Kier molecular flexibility index (Phi) is 5.09. The molecule has 1 aromatic rings. The summed E-state index contributed by atoms with van der Waals surface area (Å²) in [4.78, 5) is 26.3. The summed E-state index contributed by atoms with van der Waals surface area (Å²) in [5, 5.41) is 11.2. The van der Waals surface area contributed by atoms with Gasteiger partial charge in [-0.2, -0.15) is 0 Å². The Morgan fingerprint density at radius 2 is 2.29 bits per heavy atom. The van der Waals surface area contributed by atoms with Crippen molar-refractivity contribution in [2.45, 2.75) is 12.5 Å². The predicted molar refractivity (Wildman–Crippen MR) is 59.4 cm³/mol. The van der Waals surface area contributed by atoms with E-state index in [1.807, 2.05) is 0 Å². The maximum atomic E-state index is 11.5. The molecular weight excluding hydrogens is 224 g/mol. The van der Waals surface area contributed by atoms with Crippen molar-refractivity contribution in [3.05, 3.63) is 30.1 Å². The van der Waals surface area contributed by atoms with Gasteiger partial charge >= 0.3 is 5.97 Å². The second kappa shape index (κ2) is 6.59. The zero-order valence-electron chi connectivity index (χ0n) is 9.42. The third-order valence-corrected chi connectivity index (χ3v) is 2.03. The van der Waals surface area contributed by atoms with Gasteiger partial charge in [-0.25, -0.2) is 4.79 Å². The molecule has 2 N–H and O–H groups in total. The molecule has 0 saturated carbocycles. The summed E-state index contributed by atoms with van der Waals surface area (Å²) in [7, 11) is 1.38. The molecule has 0 bridgehead atoms. The van der Waals surface area contributed by atoms with E-state index in [0.29, 0.717) is 5.69 Å². The monoisotopic (exact) mass is 238 g/mol. The summed E-state index contributed by atoms with van der Waals surface area (Å²) in [5.74, 6) is -1.52. The first kappa shape index (κ1) is 13.1. The van der Waals surface area contributed by atoms with E-state index in [2.05, 4.69) is 10.3 Å². The van der Waals surface area contributed by atoms with Crippen molar-refractivity contribution in [3.63, 3.8) is 0 Å². The first-order valence-corrected chi connectivity index (χ1v) is 5.04. The van der Waals surface area contributed by atoms with Crippen molar-refractivity contribution in [1.29, 1.82) is 0 Å². The molecule has 0 aliphatic heterocycles. The van der Waals surface area contributed by atoms with Crippen LogP contribution in [0.4, 0.5) is 0 Å². The van der Waals surface area contributed by atoms with Crippen molar-refractivity contribution in [1.82, 2.24) is 10.3 Å². The van der Waals surface area contributed by atoms with E-state index >= 15 is 0 Å². The summed E-state index contributed by atoms with van der Waals surface area (Å²) in [6, 6.07) is 4.17. The van der Waals surface area contributed by atoms with Crippen LogP contribution in [0.25, 0.3) is 0 Å².